The molecular weight excluding hydrogens is 386 g/mol. The van der Waals surface area contributed by atoms with E-state index in [1.165, 1.54) is 16.2 Å². The van der Waals surface area contributed by atoms with E-state index >= 15 is 0 Å². The molecule has 3 aromatic rings. The van der Waals surface area contributed by atoms with Crippen molar-refractivity contribution >= 4 is 28.3 Å². The number of hydrogen-bond donors (Lipinski definition) is 0. The van der Waals surface area contributed by atoms with Crippen LogP contribution < -0.4 is 4.90 Å². The molecule has 0 aliphatic carbocycles. The van der Waals surface area contributed by atoms with Crippen LogP contribution in [0.3, 0.4) is 0 Å². The van der Waals surface area contributed by atoms with E-state index in [-0.39, 0.29) is 11.8 Å². The van der Waals surface area contributed by atoms with Gasteiger partial charge in [-0.3, -0.25) is 19.4 Å². The number of benzene rings is 3. The molecule has 0 aromatic heterocycles. The molecule has 31 heavy (non-hydrogen) atoms. The van der Waals surface area contributed by atoms with E-state index < -0.39 is 0 Å². The van der Waals surface area contributed by atoms with Crippen LogP contribution in [0.2, 0.25) is 0 Å². The number of carbonyl (C=O) groups is 2. The highest BCUT2D eigenvalue weighted by Crippen LogP contribution is 2.29. The summed E-state index contributed by atoms with van der Waals surface area (Å²) in [7, 11) is 0. The summed E-state index contributed by atoms with van der Waals surface area (Å²) >= 11 is 0. The average molecular weight is 414 g/mol. The fourth-order valence-corrected chi connectivity index (χ4v) is 4.70. The Labute approximate surface area is 182 Å². The summed E-state index contributed by atoms with van der Waals surface area (Å²) < 4.78 is 0. The molecule has 5 nitrogen and oxygen atoms in total. The van der Waals surface area contributed by atoms with E-state index in [1.807, 2.05) is 36.4 Å². The van der Waals surface area contributed by atoms with E-state index in [1.54, 1.807) is 0 Å². The summed E-state index contributed by atoms with van der Waals surface area (Å²) in [6.45, 7) is 7.07. The molecule has 0 bridgehead atoms. The molecule has 0 saturated carbocycles. The molecule has 1 saturated heterocycles. The summed E-state index contributed by atoms with van der Waals surface area (Å²) in [5.41, 5.74) is 3.89. The molecule has 2 aliphatic heterocycles. The van der Waals surface area contributed by atoms with E-state index in [9.17, 15) is 9.59 Å². The summed E-state index contributed by atoms with van der Waals surface area (Å²) in [4.78, 5) is 32.3. The zero-order valence-electron chi connectivity index (χ0n) is 17.9. The molecule has 2 amide bonds. The third-order valence-electron chi connectivity index (χ3n) is 6.58. The van der Waals surface area contributed by atoms with Crippen molar-refractivity contribution in [1.29, 1.82) is 0 Å². The Bertz CT molecular complexity index is 1080. The topological polar surface area (TPSA) is 43.9 Å². The maximum Gasteiger partial charge on any atom is 0.261 e. The zero-order chi connectivity index (χ0) is 21.4. The molecular formula is C26H27N3O2. The molecule has 0 N–H and O–H groups in total. The number of nitrogens with zero attached hydrogens (tertiary/aromatic N) is 3. The second-order valence-corrected chi connectivity index (χ2v) is 8.32. The zero-order valence-corrected chi connectivity index (χ0v) is 17.9. The van der Waals surface area contributed by atoms with Crippen molar-refractivity contribution in [2.75, 3.05) is 44.2 Å². The monoisotopic (exact) mass is 413 g/mol. The highest BCUT2D eigenvalue weighted by atomic mass is 16.2. The predicted octanol–water partition coefficient (Wildman–Crippen LogP) is 3.82. The number of amides is 2. The summed E-state index contributed by atoms with van der Waals surface area (Å²) in [5.74, 6) is -0.354. The lowest BCUT2D eigenvalue weighted by Gasteiger charge is -2.37. The van der Waals surface area contributed by atoms with Gasteiger partial charge in [0, 0.05) is 61.5 Å². The van der Waals surface area contributed by atoms with Gasteiger partial charge in [-0.05, 0) is 41.6 Å². The lowest BCUT2D eigenvalue weighted by molar-refractivity contribution is 0.0591. The minimum Gasteiger partial charge on any atom is -0.369 e. The first-order valence-electron chi connectivity index (χ1n) is 11.1. The highest BCUT2D eigenvalue weighted by molar-refractivity contribution is 6.25. The Hall–Kier alpha value is -3.18. The number of rotatable bonds is 5. The van der Waals surface area contributed by atoms with Gasteiger partial charge in [0.15, 0.2) is 0 Å². The van der Waals surface area contributed by atoms with E-state index in [4.69, 9.17) is 0 Å². The number of anilines is 1. The molecule has 0 unspecified atom stereocenters. The Balaban J connectivity index is 1.23. The van der Waals surface area contributed by atoms with Gasteiger partial charge in [0.25, 0.3) is 11.8 Å². The van der Waals surface area contributed by atoms with Gasteiger partial charge in [-0.15, -0.1) is 0 Å². The first kappa shape index (κ1) is 19.8. The fraction of sp³-hybridized carbons (Fsp3) is 0.308. The Morgan fingerprint density at radius 2 is 1.35 bits per heavy atom. The van der Waals surface area contributed by atoms with Crippen molar-refractivity contribution in [2.24, 2.45) is 0 Å². The molecule has 2 heterocycles. The lowest BCUT2D eigenvalue weighted by atomic mass is 9.94. The number of hydrogen-bond acceptors (Lipinski definition) is 4. The van der Waals surface area contributed by atoms with Gasteiger partial charge in [-0.2, -0.15) is 0 Å². The molecule has 5 heteroatoms. The van der Waals surface area contributed by atoms with Crippen LogP contribution in [-0.4, -0.2) is 60.9 Å². The molecule has 0 spiro atoms. The Morgan fingerprint density at radius 3 is 1.94 bits per heavy atom. The summed E-state index contributed by atoms with van der Waals surface area (Å²) in [6.07, 6.45) is 1.06. The second-order valence-electron chi connectivity index (χ2n) is 8.32. The van der Waals surface area contributed by atoms with Crippen LogP contribution in [0.4, 0.5) is 5.69 Å². The largest absolute Gasteiger partial charge is 0.369 e. The smallest absolute Gasteiger partial charge is 0.261 e. The molecule has 2 aliphatic rings. The van der Waals surface area contributed by atoms with Crippen LogP contribution in [0.25, 0.3) is 10.8 Å². The van der Waals surface area contributed by atoms with Crippen LogP contribution in [0.1, 0.15) is 33.2 Å². The van der Waals surface area contributed by atoms with Gasteiger partial charge >= 0.3 is 0 Å². The van der Waals surface area contributed by atoms with Gasteiger partial charge in [-0.25, -0.2) is 0 Å². The van der Waals surface area contributed by atoms with Crippen LogP contribution in [0.15, 0.2) is 60.7 Å². The number of aryl methyl sites for hydroxylation is 1. The van der Waals surface area contributed by atoms with E-state index in [0.717, 1.165) is 43.4 Å². The minimum atomic E-state index is -0.177. The normalized spacial score (nSPS) is 16.9. The quantitative estimate of drug-likeness (QED) is 0.597. The number of carbonyl (C=O) groups excluding carboxylic acids is 2. The fourth-order valence-electron chi connectivity index (χ4n) is 4.70. The Morgan fingerprint density at radius 1 is 0.742 bits per heavy atom. The minimum absolute atomic E-state index is 0.177. The van der Waals surface area contributed by atoms with Gasteiger partial charge in [0.2, 0.25) is 0 Å². The van der Waals surface area contributed by atoms with Gasteiger partial charge in [0.1, 0.15) is 0 Å². The molecule has 0 radical (unpaired) electrons. The van der Waals surface area contributed by atoms with Crippen LogP contribution in [0.5, 0.6) is 0 Å². The summed E-state index contributed by atoms with van der Waals surface area (Å²) in [6, 6.07) is 20.2. The summed E-state index contributed by atoms with van der Waals surface area (Å²) in [5, 5.41) is 1.73. The highest BCUT2D eigenvalue weighted by Gasteiger charge is 2.32. The van der Waals surface area contributed by atoms with Crippen LogP contribution >= 0.6 is 0 Å². The second kappa shape index (κ2) is 8.16. The SMILES string of the molecule is CCc1ccc(N2CCN(CCN3C(=O)c4cccc5cccc(c45)C3=O)CC2)cc1. The van der Waals surface area contributed by atoms with Crippen molar-refractivity contribution in [1.82, 2.24) is 9.80 Å². The van der Waals surface area contributed by atoms with Crippen molar-refractivity contribution in [3.05, 3.63) is 77.4 Å². The maximum atomic E-state index is 13.1. The van der Waals surface area contributed by atoms with Crippen LogP contribution in [-0.2, 0) is 6.42 Å². The average Bonchev–Trinajstić information content (AvgIpc) is 2.83. The third kappa shape index (κ3) is 3.59. The number of piperazine rings is 1. The first-order valence-corrected chi connectivity index (χ1v) is 11.1. The predicted molar refractivity (Wildman–Crippen MR) is 124 cm³/mol. The first-order chi connectivity index (χ1) is 15.2. The molecule has 1 fully saturated rings. The van der Waals surface area contributed by atoms with Gasteiger partial charge in [-0.1, -0.05) is 43.3 Å². The van der Waals surface area contributed by atoms with Crippen molar-refractivity contribution in [3.63, 3.8) is 0 Å². The maximum absolute atomic E-state index is 13.1. The molecule has 5 rings (SSSR count). The van der Waals surface area contributed by atoms with Crippen molar-refractivity contribution < 1.29 is 9.59 Å². The van der Waals surface area contributed by atoms with E-state index in [0.29, 0.717) is 24.2 Å². The standard InChI is InChI=1S/C26H27N3O2/c1-2-19-9-11-21(12-10-19)28-16-13-27(14-17-28)15-18-29-25(30)22-7-3-5-20-6-4-8-23(24(20)22)26(29)31/h3-12H,2,13-18H2,1H3. The van der Waals surface area contributed by atoms with Gasteiger partial charge < -0.3 is 4.90 Å². The Kier molecular flexibility index (Phi) is 5.20. The lowest BCUT2D eigenvalue weighted by Crippen LogP contribution is -2.50. The van der Waals surface area contributed by atoms with Crippen molar-refractivity contribution in [3.8, 4) is 0 Å². The van der Waals surface area contributed by atoms with Crippen LogP contribution in [0, 0.1) is 0 Å². The molecule has 158 valence electrons. The molecule has 0 atom stereocenters. The number of imide groups is 1. The van der Waals surface area contributed by atoms with Crippen molar-refractivity contribution in [2.45, 2.75) is 13.3 Å². The third-order valence-corrected chi connectivity index (χ3v) is 6.58. The van der Waals surface area contributed by atoms with E-state index in [2.05, 4.69) is 41.0 Å². The molecule has 3 aromatic carbocycles. The van der Waals surface area contributed by atoms with Gasteiger partial charge in [0.05, 0.1) is 0 Å².